The van der Waals surface area contributed by atoms with Gasteiger partial charge in [0.2, 0.25) is 0 Å². The summed E-state index contributed by atoms with van der Waals surface area (Å²) < 4.78 is 2.67. The van der Waals surface area contributed by atoms with Gasteiger partial charge in [-0.15, -0.1) is 11.3 Å². The first-order valence-corrected chi connectivity index (χ1v) is 19.4. The largest absolute Gasteiger partial charge is 0.135 e. The highest BCUT2D eigenvalue weighted by Crippen LogP contribution is 2.41. The molecule has 0 radical (unpaired) electrons. The Bertz CT molecular complexity index is 2930. The van der Waals surface area contributed by atoms with Crippen LogP contribution >= 0.6 is 11.3 Å². The summed E-state index contributed by atoms with van der Waals surface area (Å²) in [7, 11) is 0. The third kappa shape index (κ3) is 5.99. The second-order valence-electron chi connectivity index (χ2n) is 14.1. The molecular formula is C53H36S. The standard InChI is InChI=1S/C53H36S/c1-2-12-36(13-3-1)38-26-29-39(30-27-38)52(47-21-10-18-43(35-47)44-31-28-37-14-4-5-15-40(37)32-44)46-20-9-17-42(34-46)41-16-8-19-45(33-41)48-23-11-24-50-49-22-6-7-25-51(49)54-53(48)50/h1-35,52H. The molecule has 0 fully saturated rings. The number of thiophene rings is 1. The Morgan fingerprint density at radius 2 is 0.833 bits per heavy atom. The summed E-state index contributed by atoms with van der Waals surface area (Å²) in [5.41, 5.74) is 13.7. The number of benzene rings is 9. The Balaban J connectivity index is 1.07. The normalized spacial score (nSPS) is 12.0. The molecule has 1 unspecified atom stereocenters. The van der Waals surface area contributed by atoms with Crippen molar-refractivity contribution in [1.29, 1.82) is 0 Å². The van der Waals surface area contributed by atoms with Crippen molar-refractivity contribution in [1.82, 2.24) is 0 Å². The first-order valence-electron chi connectivity index (χ1n) is 18.6. The molecular weight excluding hydrogens is 669 g/mol. The maximum absolute atomic E-state index is 2.40. The molecule has 1 heterocycles. The van der Waals surface area contributed by atoms with E-state index in [0.717, 1.165) is 0 Å². The zero-order valence-corrected chi connectivity index (χ0v) is 30.5. The van der Waals surface area contributed by atoms with Crippen LogP contribution in [0.3, 0.4) is 0 Å². The van der Waals surface area contributed by atoms with Crippen LogP contribution in [0.1, 0.15) is 22.6 Å². The lowest BCUT2D eigenvalue weighted by molar-refractivity contribution is 0.979. The molecule has 0 amide bonds. The Morgan fingerprint density at radius 3 is 1.61 bits per heavy atom. The number of fused-ring (bicyclic) bond motifs is 4. The zero-order chi connectivity index (χ0) is 35.8. The van der Waals surface area contributed by atoms with Crippen LogP contribution in [0.15, 0.2) is 212 Å². The second kappa shape index (κ2) is 13.8. The number of rotatable bonds is 7. The van der Waals surface area contributed by atoms with Gasteiger partial charge in [0.1, 0.15) is 0 Å². The minimum absolute atomic E-state index is 0.0469. The molecule has 0 aliphatic heterocycles. The van der Waals surface area contributed by atoms with E-state index in [4.69, 9.17) is 0 Å². The predicted molar refractivity (Wildman–Crippen MR) is 232 cm³/mol. The lowest BCUT2D eigenvalue weighted by atomic mass is 9.82. The molecule has 0 aliphatic carbocycles. The highest BCUT2D eigenvalue weighted by molar-refractivity contribution is 7.26. The van der Waals surface area contributed by atoms with E-state index in [-0.39, 0.29) is 5.92 Å². The van der Waals surface area contributed by atoms with E-state index in [1.165, 1.54) is 92.1 Å². The lowest BCUT2D eigenvalue weighted by Gasteiger charge is -2.21. The number of hydrogen-bond donors (Lipinski definition) is 0. The fraction of sp³-hybridized carbons (Fsp3) is 0.0189. The Labute approximate surface area is 320 Å². The summed E-state index contributed by atoms with van der Waals surface area (Å²) in [5, 5.41) is 5.17. The maximum atomic E-state index is 2.40. The fourth-order valence-electron chi connectivity index (χ4n) is 8.08. The van der Waals surface area contributed by atoms with Gasteiger partial charge in [-0.1, -0.05) is 194 Å². The SMILES string of the molecule is c1ccc(-c2ccc(C(c3cccc(-c4cccc(-c5cccc6c5sc5ccccc56)c4)c3)c3cccc(-c4ccc5ccccc5c4)c3)cc2)cc1. The predicted octanol–water partition coefficient (Wildman–Crippen LogP) is 15.1. The number of hydrogen-bond acceptors (Lipinski definition) is 1. The Morgan fingerprint density at radius 1 is 0.296 bits per heavy atom. The molecule has 0 aliphatic rings. The van der Waals surface area contributed by atoms with Gasteiger partial charge in [0.05, 0.1) is 0 Å². The first-order chi connectivity index (χ1) is 26.7. The van der Waals surface area contributed by atoms with Gasteiger partial charge in [0, 0.05) is 26.1 Å². The van der Waals surface area contributed by atoms with Gasteiger partial charge in [0.25, 0.3) is 0 Å². The molecule has 1 aromatic heterocycles. The Kier molecular flexibility index (Phi) is 8.20. The van der Waals surface area contributed by atoms with Gasteiger partial charge in [0.15, 0.2) is 0 Å². The van der Waals surface area contributed by atoms with Crippen LogP contribution in [-0.4, -0.2) is 0 Å². The lowest BCUT2D eigenvalue weighted by Crippen LogP contribution is -2.04. The van der Waals surface area contributed by atoms with E-state index in [9.17, 15) is 0 Å². The molecule has 0 bridgehead atoms. The molecule has 10 rings (SSSR count). The minimum atomic E-state index is 0.0469. The van der Waals surface area contributed by atoms with Gasteiger partial charge >= 0.3 is 0 Å². The van der Waals surface area contributed by atoms with Crippen LogP contribution in [0.4, 0.5) is 0 Å². The van der Waals surface area contributed by atoms with E-state index in [1.54, 1.807) is 0 Å². The Hall–Kier alpha value is -6.54. The van der Waals surface area contributed by atoms with E-state index in [0.29, 0.717) is 0 Å². The summed E-state index contributed by atoms with van der Waals surface area (Å²) in [6, 6.07) is 78.0. The molecule has 1 heteroatoms. The van der Waals surface area contributed by atoms with Crippen LogP contribution in [0.25, 0.3) is 75.5 Å². The van der Waals surface area contributed by atoms with E-state index >= 15 is 0 Å². The van der Waals surface area contributed by atoms with Gasteiger partial charge in [-0.2, -0.15) is 0 Å². The first kappa shape index (κ1) is 32.1. The third-order valence-electron chi connectivity index (χ3n) is 10.8. The smallest absolute Gasteiger partial charge is 0.0433 e. The van der Waals surface area contributed by atoms with Crippen molar-refractivity contribution < 1.29 is 0 Å². The minimum Gasteiger partial charge on any atom is -0.135 e. The topological polar surface area (TPSA) is 0 Å². The highest BCUT2D eigenvalue weighted by atomic mass is 32.1. The van der Waals surface area contributed by atoms with E-state index in [2.05, 4.69) is 212 Å². The molecule has 54 heavy (non-hydrogen) atoms. The van der Waals surface area contributed by atoms with Crippen molar-refractivity contribution >= 4 is 42.3 Å². The molecule has 10 aromatic rings. The molecule has 0 spiro atoms. The van der Waals surface area contributed by atoms with Crippen LogP contribution in [0.5, 0.6) is 0 Å². The van der Waals surface area contributed by atoms with E-state index in [1.807, 2.05) is 11.3 Å². The fourth-order valence-corrected chi connectivity index (χ4v) is 9.32. The molecule has 0 nitrogen and oxygen atoms in total. The zero-order valence-electron chi connectivity index (χ0n) is 29.7. The van der Waals surface area contributed by atoms with Gasteiger partial charge < -0.3 is 0 Å². The second-order valence-corrected chi connectivity index (χ2v) is 15.1. The van der Waals surface area contributed by atoms with Crippen LogP contribution in [-0.2, 0) is 0 Å². The monoisotopic (exact) mass is 704 g/mol. The molecule has 0 saturated carbocycles. The van der Waals surface area contributed by atoms with Crippen molar-refractivity contribution in [3.05, 3.63) is 229 Å². The van der Waals surface area contributed by atoms with Gasteiger partial charge in [-0.05, 0) is 90.2 Å². The molecule has 9 aromatic carbocycles. The highest BCUT2D eigenvalue weighted by Gasteiger charge is 2.19. The van der Waals surface area contributed by atoms with Crippen molar-refractivity contribution in [2.45, 2.75) is 5.92 Å². The van der Waals surface area contributed by atoms with Gasteiger partial charge in [-0.3, -0.25) is 0 Å². The van der Waals surface area contributed by atoms with Crippen molar-refractivity contribution in [2.24, 2.45) is 0 Å². The molecule has 0 saturated heterocycles. The van der Waals surface area contributed by atoms with Crippen LogP contribution in [0, 0.1) is 0 Å². The van der Waals surface area contributed by atoms with Crippen molar-refractivity contribution in [3.8, 4) is 44.5 Å². The maximum Gasteiger partial charge on any atom is 0.0433 e. The summed E-state index contributed by atoms with van der Waals surface area (Å²) in [6.45, 7) is 0. The van der Waals surface area contributed by atoms with Crippen LogP contribution in [0.2, 0.25) is 0 Å². The quantitative estimate of drug-likeness (QED) is 0.145. The van der Waals surface area contributed by atoms with Gasteiger partial charge in [-0.25, -0.2) is 0 Å². The molecule has 254 valence electrons. The van der Waals surface area contributed by atoms with Crippen molar-refractivity contribution in [2.75, 3.05) is 0 Å². The average molecular weight is 705 g/mol. The summed E-state index contributed by atoms with van der Waals surface area (Å²) in [4.78, 5) is 0. The molecule has 1 atom stereocenters. The van der Waals surface area contributed by atoms with Crippen LogP contribution < -0.4 is 0 Å². The van der Waals surface area contributed by atoms with E-state index < -0.39 is 0 Å². The van der Waals surface area contributed by atoms with Crippen molar-refractivity contribution in [3.63, 3.8) is 0 Å². The average Bonchev–Trinajstić information content (AvgIpc) is 3.64. The summed E-state index contributed by atoms with van der Waals surface area (Å²) >= 11 is 1.89. The summed E-state index contributed by atoms with van der Waals surface area (Å²) in [6.07, 6.45) is 0. The third-order valence-corrected chi connectivity index (χ3v) is 12.0. The summed E-state index contributed by atoms with van der Waals surface area (Å²) in [5.74, 6) is 0.0469. The molecule has 0 N–H and O–H groups in total.